The van der Waals surface area contributed by atoms with Crippen molar-refractivity contribution in [1.82, 2.24) is 0 Å². The van der Waals surface area contributed by atoms with Crippen LogP contribution in [0, 0.1) is 5.92 Å². The minimum Gasteiger partial charge on any atom is -0.456 e. The normalized spacial score (nSPS) is 16.6. The maximum atomic E-state index is 13.0. The van der Waals surface area contributed by atoms with Gasteiger partial charge in [-0.15, -0.1) is 0 Å². The van der Waals surface area contributed by atoms with Gasteiger partial charge in [0.25, 0.3) is 0 Å². The number of fused-ring (bicyclic) bond motifs is 1. The second-order valence-corrected chi connectivity index (χ2v) is 9.70. The van der Waals surface area contributed by atoms with Gasteiger partial charge in [-0.05, 0) is 38.3 Å². The summed E-state index contributed by atoms with van der Waals surface area (Å²) in [5, 5.41) is 3.76. The van der Waals surface area contributed by atoms with Crippen LogP contribution in [0.3, 0.4) is 0 Å². The minimum atomic E-state index is -0.520. The van der Waals surface area contributed by atoms with Crippen molar-refractivity contribution in [3.05, 3.63) is 42.0 Å². The quantitative estimate of drug-likeness (QED) is 0.298. The van der Waals surface area contributed by atoms with Crippen LogP contribution in [0.5, 0.6) is 5.75 Å². The van der Waals surface area contributed by atoms with Crippen LogP contribution in [0.1, 0.15) is 44.0 Å². The van der Waals surface area contributed by atoms with E-state index in [1.807, 2.05) is 60.7 Å². The number of hydrogen-bond donors (Lipinski definition) is 1. The SMILES string of the molecule is CC(I)C(=O)Oc1ccc(C(=O)OC(C)(C)C2CC[NH2+]CC2)c2ccccc12. The summed E-state index contributed by atoms with van der Waals surface area (Å²) in [6.07, 6.45) is 2.09. The minimum absolute atomic E-state index is 0.255. The first-order valence-electron chi connectivity index (χ1n) is 9.72. The van der Waals surface area contributed by atoms with E-state index >= 15 is 0 Å². The van der Waals surface area contributed by atoms with Crippen molar-refractivity contribution in [1.29, 1.82) is 0 Å². The zero-order valence-electron chi connectivity index (χ0n) is 16.5. The van der Waals surface area contributed by atoms with Crippen LogP contribution in [-0.4, -0.2) is 34.6 Å². The highest BCUT2D eigenvalue weighted by molar-refractivity contribution is 14.1. The molecule has 1 aliphatic rings. The molecule has 0 saturated carbocycles. The third-order valence-electron chi connectivity index (χ3n) is 5.42. The van der Waals surface area contributed by atoms with Crippen molar-refractivity contribution in [3.63, 3.8) is 0 Å². The van der Waals surface area contributed by atoms with Crippen molar-refractivity contribution in [2.45, 2.75) is 43.1 Å². The Hall–Kier alpha value is -1.67. The first-order chi connectivity index (χ1) is 13.3. The lowest BCUT2D eigenvalue weighted by Crippen LogP contribution is -2.86. The van der Waals surface area contributed by atoms with E-state index in [2.05, 4.69) is 5.32 Å². The Bertz CT molecular complexity index is 872. The van der Waals surface area contributed by atoms with Crippen molar-refractivity contribution in [2.24, 2.45) is 5.92 Å². The number of rotatable bonds is 5. The van der Waals surface area contributed by atoms with Gasteiger partial charge in [-0.3, -0.25) is 4.79 Å². The van der Waals surface area contributed by atoms with E-state index in [9.17, 15) is 9.59 Å². The van der Waals surface area contributed by atoms with E-state index in [4.69, 9.17) is 9.47 Å². The van der Waals surface area contributed by atoms with Gasteiger partial charge in [0, 0.05) is 24.1 Å². The Kier molecular flexibility index (Phi) is 6.60. The van der Waals surface area contributed by atoms with Crippen molar-refractivity contribution < 1.29 is 24.4 Å². The number of piperidine rings is 1. The molecule has 0 amide bonds. The summed E-state index contributed by atoms with van der Waals surface area (Å²) < 4.78 is 11.2. The fourth-order valence-corrected chi connectivity index (χ4v) is 3.85. The van der Waals surface area contributed by atoms with Gasteiger partial charge in [-0.1, -0.05) is 46.9 Å². The van der Waals surface area contributed by atoms with Crippen LogP contribution in [0.2, 0.25) is 0 Å². The molecule has 0 spiro atoms. The second kappa shape index (κ2) is 8.78. The zero-order valence-corrected chi connectivity index (χ0v) is 18.7. The third-order valence-corrected chi connectivity index (χ3v) is 5.93. The van der Waals surface area contributed by atoms with Gasteiger partial charge < -0.3 is 14.8 Å². The third kappa shape index (κ3) is 4.66. The molecule has 0 radical (unpaired) electrons. The summed E-state index contributed by atoms with van der Waals surface area (Å²) in [7, 11) is 0. The Balaban J connectivity index is 1.88. The first kappa shape index (κ1) is 21.0. The van der Waals surface area contributed by atoms with Gasteiger partial charge in [0.05, 0.1) is 18.7 Å². The lowest BCUT2D eigenvalue weighted by molar-refractivity contribution is -0.665. The van der Waals surface area contributed by atoms with Gasteiger partial charge >= 0.3 is 11.9 Å². The number of hydrogen-bond acceptors (Lipinski definition) is 4. The van der Waals surface area contributed by atoms with Crippen LogP contribution in [-0.2, 0) is 9.53 Å². The molecule has 1 saturated heterocycles. The maximum Gasteiger partial charge on any atom is 0.339 e. The lowest BCUT2D eigenvalue weighted by Gasteiger charge is -2.35. The average Bonchev–Trinajstić information content (AvgIpc) is 2.68. The smallest absolute Gasteiger partial charge is 0.339 e. The highest BCUT2D eigenvalue weighted by atomic mass is 127. The molecule has 1 aliphatic heterocycles. The Morgan fingerprint density at radius 1 is 1.11 bits per heavy atom. The Morgan fingerprint density at radius 3 is 2.39 bits per heavy atom. The fourth-order valence-electron chi connectivity index (χ4n) is 3.73. The molecule has 5 nitrogen and oxygen atoms in total. The second-order valence-electron chi connectivity index (χ2n) is 7.83. The molecular formula is C22H27INO4+. The molecule has 150 valence electrons. The number of carbonyl (C=O) groups is 2. The number of alkyl halides is 1. The van der Waals surface area contributed by atoms with Gasteiger partial charge in [0.2, 0.25) is 0 Å². The molecule has 1 atom stereocenters. The molecule has 1 heterocycles. The summed E-state index contributed by atoms with van der Waals surface area (Å²) in [5.41, 5.74) is -0.0258. The predicted octanol–water partition coefficient (Wildman–Crippen LogP) is 3.48. The van der Waals surface area contributed by atoms with E-state index in [1.165, 1.54) is 0 Å². The van der Waals surface area contributed by atoms with E-state index < -0.39 is 5.60 Å². The molecule has 2 N–H and O–H groups in total. The van der Waals surface area contributed by atoms with Gasteiger partial charge in [0.15, 0.2) is 0 Å². The first-order valence-corrected chi connectivity index (χ1v) is 11.0. The summed E-state index contributed by atoms with van der Waals surface area (Å²) in [6.45, 7) is 7.93. The molecule has 28 heavy (non-hydrogen) atoms. The fraction of sp³-hybridized carbons (Fsp3) is 0.455. The van der Waals surface area contributed by atoms with Crippen molar-refractivity contribution >= 4 is 45.3 Å². The molecular weight excluding hydrogens is 469 g/mol. The van der Waals surface area contributed by atoms with Crippen molar-refractivity contribution in [2.75, 3.05) is 13.1 Å². The number of benzene rings is 2. The Morgan fingerprint density at radius 2 is 1.75 bits per heavy atom. The van der Waals surface area contributed by atoms with Crippen LogP contribution < -0.4 is 10.1 Å². The number of nitrogens with two attached hydrogens (primary N) is 1. The topological polar surface area (TPSA) is 69.2 Å². The molecule has 2 aromatic rings. The predicted molar refractivity (Wildman–Crippen MR) is 117 cm³/mol. The number of ether oxygens (including phenoxy) is 2. The van der Waals surface area contributed by atoms with Crippen LogP contribution in [0.25, 0.3) is 10.8 Å². The molecule has 0 aliphatic carbocycles. The zero-order chi connectivity index (χ0) is 20.3. The van der Waals surface area contributed by atoms with Crippen LogP contribution in [0.4, 0.5) is 0 Å². The number of halogens is 1. The largest absolute Gasteiger partial charge is 0.456 e. The van der Waals surface area contributed by atoms with Gasteiger partial charge in [0.1, 0.15) is 15.3 Å². The monoisotopic (exact) mass is 496 g/mol. The highest BCUT2D eigenvalue weighted by Crippen LogP contribution is 2.33. The van der Waals surface area contributed by atoms with Gasteiger partial charge in [-0.25, -0.2) is 4.79 Å². The van der Waals surface area contributed by atoms with E-state index in [-0.39, 0.29) is 15.9 Å². The highest BCUT2D eigenvalue weighted by Gasteiger charge is 2.36. The van der Waals surface area contributed by atoms with E-state index in [0.717, 1.165) is 36.7 Å². The number of esters is 2. The Labute approximate surface area is 179 Å². The van der Waals surface area contributed by atoms with Crippen LogP contribution in [0.15, 0.2) is 36.4 Å². The van der Waals surface area contributed by atoms with E-state index in [0.29, 0.717) is 17.2 Å². The molecule has 3 rings (SSSR count). The van der Waals surface area contributed by atoms with Crippen molar-refractivity contribution in [3.8, 4) is 5.75 Å². The average molecular weight is 496 g/mol. The van der Waals surface area contributed by atoms with Gasteiger partial charge in [-0.2, -0.15) is 0 Å². The lowest BCUT2D eigenvalue weighted by atomic mass is 9.83. The number of quaternary nitrogens is 1. The summed E-state index contributed by atoms with van der Waals surface area (Å²) >= 11 is 2.02. The maximum absolute atomic E-state index is 13.0. The molecule has 6 heteroatoms. The van der Waals surface area contributed by atoms with Crippen LogP contribution >= 0.6 is 22.6 Å². The summed E-state index contributed by atoms with van der Waals surface area (Å²) in [5.74, 6) is 0.174. The molecule has 0 bridgehead atoms. The molecule has 1 unspecified atom stereocenters. The molecule has 0 aromatic heterocycles. The standard InChI is InChI=1S/C22H26INO4/c1-14(23)20(25)27-19-9-8-18(16-6-4-5-7-17(16)19)21(26)28-22(2,3)15-10-12-24-13-11-15/h4-9,14-15,24H,10-13H2,1-3H3/p+1. The summed E-state index contributed by atoms with van der Waals surface area (Å²) in [6, 6.07) is 10.8. The van der Waals surface area contributed by atoms with E-state index in [1.54, 1.807) is 19.1 Å². The molecule has 1 fully saturated rings. The summed E-state index contributed by atoms with van der Waals surface area (Å²) in [4.78, 5) is 25.0. The molecule has 2 aromatic carbocycles. The number of carbonyl (C=O) groups excluding carboxylic acids is 2.